The van der Waals surface area contributed by atoms with Crippen LogP contribution in [0.15, 0.2) is 9.98 Å². The summed E-state index contributed by atoms with van der Waals surface area (Å²) in [5, 5.41) is 0. The van der Waals surface area contributed by atoms with Crippen molar-refractivity contribution in [2.75, 3.05) is 65.8 Å². The zero-order valence-electron chi connectivity index (χ0n) is 19.7. The Morgan fingerprint density at radius 2 is 1.22 bits per heavy atom. The molecule has 0 aliphatic carbocycles. The van der Waals surface area contributed by atoms with Gasteiger partial charge in [-0.15, -0.1) is 0 Å². The molecule has 0 bridgehead atoms. The van der Waals surface area contributed by atoms with Crippen LogP contribution in [0.2, 0.25) is 0 Å². The van der Waals surface area contributed by atoms with Gasteiger partial charge in [0.05, 0.1) is 39.3 Å². The van der Waals surface area contributed by atoms with Crippen molar-refractivity contribution in [3.8, 4) is 0 Å². The molecule has 184 valence electrons. The second-order valence-corrected chi connectivity index (χ2v) is 7.40. The quantitative estimate of drug-likeness (QED) is 0.0953. The maximum absolute atomic E-state index is 11.7. The molecule has 0 spiro atoms. The van der Waals surface area contributed by atoms with E-state index in [2.05, 4.69) is 14.9 Å². The first-order valence-electron chi connectivity index (χ1n) is 11.8. The van der Waals surface area contributed by atoms with Crippen molar-refractivity contribution in [1.82, 2.24) is 4.90 Å². The highest BCUT2D eigenvalue weighted by molar-refractivity contribution is 5.69. The third kappa shape index (κ3) is 22.8. The summed E-state index contributed by atoms with van der Waals surface area (Å²) in [7, 11) is 0. The highest BCUT2D eigenvalue weighted by Crippen LogP contribution is 2.02. The van der Waals surface area contributed by atoms with E-state index in [4.69, 9.17) is 14.2 Å². The minimum Gasteiger partial charge on any atom is -0.466 e. The molecule has 0 aromatic heterocycles. The van der Waals surface area contributed by atoms with Crippen molar-refractivity contribution >= 4 is 18.1 Å². The highest BCUT2D eigenvalue weighted by atomic mass is 16.5. The second kappa shape index (κ2) is 25.4. The van der Waals surface area contributed by atoms with Gasteiger partial charge in [0.15, 0.2) is 0 Å². The van der Waals surface area contributed by atoms with E-state index in [1.165, 1.54) is 0 Å². The summed E-state index contributed by atoms with van der Waals surface area (Å²) >= 11 is 0. The van der Waals surface area contributed by atoms with Gasteiger partial charge in [-0.05, 0) is 32.6 Å². The lowest BCUT2D eigenvalue weighted by molar-refractivity contribution is -0.143. The molecule has 0 aliphatic rings. The smallest absolute Gasteiger partial charge is 0.307 e. The van der Waals surface area contributed by atoms with Gasteiger partial charge in [0.2, 0.25) is 12.2 Å². The molecule has 0 saturated heterocycles. The molecule has 0 atom stereocenters. The zero-order chi connectivity index (χ0) is 23.5. The minimum absolute atomic E-state index is 0.183. The van der Waals surface area contributed by atoms with Crippen molar-refractivity contribution in [3.63, 3.8) is 0 Å². The van der Waals surface area contributed by atoms with Gasteiger partial charge < -0.3 is 14.2 Å². The van der Waals surface area contributed by atoms with Crippen LogP contribution in [0.5, 0.6) is 0 Å². The van der Waals surface area contributed by atoms with Crippen molar-refractivity contribution in [1.29, 1.82) is 0 Å². The van der Waals surface area contributed by atoms with Crippen LogP contribution >= 0.6 is 0 Å². The number of nitrogens with zero attached hydrogens (tertiary/aromatic N) is 3. The fraction of sp³-hybridized carbons (Fsp3) is 0.870. The number of ether oxygens (including phenoxy) is 3. The molecule has 0 aromatic carbocycles. The molecular formula is C23H41N3O6. The number of unbranched alkanes of at least 4 members (excludes halogenated alkanes) is 6. The summed E-state index contributed by atoms with van der Waals surface area (Å²) in [5.41, 5.74) is 0. The van der Waals surface area contributed by atoms with E-state index in [1.54, 1.807) is 12.2 Å². The first-order valence-corrected chi connectivity index (χ1v) is 11.8. The average Bonchev–Trinajstić information content (AvgIpc) is 2.79. The third-order valence-electron chi connectivity index (χ3n) is 4.79. The monoisotopic (exact) mass is 455 g/mol. The number of rotatable bonds is 24. The van der Waals surface area contributed by atoms with Crippen LogP contribution in [0.3, 0.4) is 0 Å². The Labute approximate surface area is 192 Å². The van der Waals surface area contributed by atoms with Crippen LogP contribution in [0.25, 0.3) is 0 Å². The zero-order valence-corrected chi connectivity index (χ0v) is 19.7. The normalized spacial score (nSPS) is 10.6. The SMILES string of the molecule is CCOC(=O)CCN(CCOCCCCCCN=C=O)CCOCCCCCCN=C=O. The molecule has 32 heavy (non-hydrogen) atoms. The topological polar surface area (TPSA) is 107 Å². The summed E-state index contributed by atoms with van der Waals surface area (Å²) in [6.07, 6.45) is 11.4. The molecule has 0 aliphatic heterocycles. The Bertz CT molecular complexity index is 498. The fourth-order valence-corrected chi connectivity index (χ4v) is 3.00. The first kappa shape index (κ1) is 30.1. The Kier molecular flexibility index (Phi) is 23.9. The predicted molar refractivity (Wildman–Crippen MR) is 122 cm³/mol. The Balaban J connectivity index is 3.88. The lowest BCUT2D eigenvalue weighted by atomic mass is 10.2. The van der Waals surface area contributed by atoms with E-state index in [9.17, 15) is 14.4 Å². The minimum atomic E-state index is -0.183. The molecule has 9 heteroatoms. The number of hydrogen-bond donors (Lipinski definition) is 0. The standard InChI is InChI=1S/C23H41N3O6/c1-2-32-23(29)11-14-26(15-19-30-17-9-5-3-7-12-24-21-27)16-20-31-18-10-6-4-8-13-25-22-28/h2-20H2,1H3. The number of hydrogen-bond acceptors (Lipinski definition) is 9. The largest absolute Gasteiger partial charge is 0.466 e. The van der Waals surface area contributed by atoms with Crippen LogP contribution in [0.4, 0.5) is 0 Å². The van der Waals surface area contributed by atoms with Crippen LogP contribution in [-0.2, 0) is 28.6 Å². The summed E-state index contributed by atoms with van der Waals surface area (Å²) in [4.78, 5) is 40.9. The highest BCUT2D eigenvalue weighted by Gasteiger charge is 2.09. The Morgan fingerprint density at radius 3 is 1.69 bits per heavy atom. The lowest BCUT2D eigenvalue weighted by Crippen LogP contribution is -2.33. The van der Waals surface area contributed by atoms with Crippen LogP contribution in [0.1, 0.15) is 64.7 Å². The third-order valence-corrected chi connectivity index (χ3v) is 4.79. The van der Waals surface area contributed by atoms with E-state index < -0.39 is 0 Å². The maximum atomic E-state index is 11.7. The molecule has 0 rings (SSSR count). The number of esters is 1. The van der Waals surface area contributed by atoms with Crippen LogP contribution < -0.4 is 0 Å². The molecular weight excluding hydrogens is 414 g/mol. The van der Waals surface area contributed by atoms with Crippen LogP contribution in [-0.4, -0.2) is 88.8 Å². The molecule has 0 fully saturated rings. The van der Waals surface area contributed by atoms with Gasteiger partial charge in [0.25, 0.3) is 0 Å². The number of carbonyl (C=O) groups excluding carboxylic acids is 3. The van der Waals surface area contributed by atoms with Crippen molar-refractivity contribution in [2.24, 2.45) is 9.98 Å². The van der Waals surface area contributed by atoms with E-state index in [1.807, 2.05) is 6.92 Å². The first-order chi connectivity index (χ1) is 15.7. The molecule has 0 aromatic rings. The molecule has 0 N–H and O–H groups in total. The van der Waals surface area contributed by atoms with Crippen molar-refractivity contribution in [3.05, 3.63) is 0 Å². The van der Waals surface area contributed by atoms with Gasteiger partial charge in [-0.2, -0.15) is 0 Å². The molecule has 0 radical (unpaired) electrons. The molecule has 9 nitrogen and oxygen atoms in total. The van der Waals surface area contributed by atoms with Gasteiger partial charge in [-0.1, -0.05) is 25.7 Å². The number of aliphatic imine (C=N–C) groups is 2. The van der Waals surface area contributed by atoms with E-state index >= 15 is 0 Å². The average molecular weight is 456 g/mol. The second-order valence-electron chi connectivity index (χ2n) is 7.40. The van der Waals surface area contributed by atoms with E-state index in [-0.39, 0.29) is 5.97 Å². The summed E-state index contributed by atoms with van der Waals surface area (Å²) in [5.74, 6) is -0.183. The van der Waals surface area contributed by atoms with E-state index in [0.717, 1.165) is 64.5 Å². The van der Waals surface area contributed by atoms with Gasteiger partial charge >= 0.3 is 5.97 Å². The van der Waals surface area contributed by atoms with Crippen molar-refractivity contribution in [2.45, 2.75) is 64.7 Å². The fourth-order valence-electron chi connectivity index (χ4n) is 3.00. The Morgan fingerprint density at radius 1 is 0.719 bits per heavy atom. The molecule has 0 heterocycles. The van der Waals surface area contributed by atoms with Gasteiger partial charge in [0.1, 0.15) is 0 Å². The van der Waals surface area contributed by atoms with E-state index in [0.29, 0.717) is 59.1 Å². The summed E-state index contributed by atoms with van der Waals surface area (Å²) < 4.78 is 16.5. The maximum Gasteiger partial charge on any atom is 0.307 e. The number of isocyanates is 2. The van der Waals surface area contributed by atoms with Crippen molar-refractivity contribution < 1.29 is 28.6 Å². The molecule has 0 unspecified atom stereocenters. The molecule has 0 saturated carbocycles. The molecule has 0 amide bonds. The number of carbonyl (C=O) groups is 1. The van der Waals surface area contributed by atoms with Crippen LogP contribution in [0, 0.1) is 0 Å². The summed E-state index contributed by atoms with van der Waals surface area (Å²) in [6, 6.07) is 0. The lowest BCUT2D eigenvalue weighted by Gasteiger charge is -2.22. The predicted octanol–water partition coefficient (Wildman–Crippen LogP) is 3.07. The van der Waals surface area contributed by atoms with Gasteiger partial charge in [-0.3, -0.25) is 9.69 Å². The van der Waals surface area contributed by atoms with Gasteiger partial charge in [-0.25, -0.2) is 19.6 Å². The Hall–Kier alpha value is -1.89. The van der Waals surface area contributed by atoms with Gasteiger partial charge in [0, 0.05) is 32.8 Å². The summed E-state index contributed by atoms with van der Waals surface area (Å²) in [6.45, 7) is 8.06.